The number of nitrogens with zero attached hydrogens (tertiary/aromatic N) is 1. The van der Waals surface area contributed by atoms with Crippen molar-refractivity contribution in [2.45, 2.75) is 44.1 Å². The van der Waals surface area contributed by atoms with Crippen molar-refractivity contribution < 1.29 is 24.2 Å². The summed E-state index contributed by atoms with van der Waals surface area (Å²) in [5.41, 5.74) is 4.81. The van der Waals surface area contributed by atoms with Crippen LogP contribution in [0.25, 0.3) is 10.9 Å². The third-order valence-corrected chi connectivity index (χ3v) is 9.01. The first kappa shape index (κ1) is 32.6. The maximum atomic E-state index is 13.0. The van der Waals surface area contributed by atoms with Gasteiger partial charge in [-0.3, -0.25) is 14.6 Å². The van der Waals surface area contributed by atoms with E-state index in [1.54, 1.807) is 48.7 Å². The molecule has 0 saturated heterocycles. The molecule has 0 radical (unpaired) electrons. The van der Waals surface area contributed by atoms with Crippen molar-refractivity contribution in [2.24, 2.45) is 5.92 Å². The van der Waals surface area contributed by atoms with Gasteiger partial charge in [0.1, 0.15) is 17.2 Å². The highest BCUT2D eigenvalue weighted by molar-refractivity contribution is 6.31. The van der Waals surface area contributed by atoms with E-state index in [1.165, 1.54) is 5.56 Å². The molecule has 5 aromatic rings. The van der Waals surface area contributed by atoms with Crippen molar-refractivity contribution in [3.8, 4) is 11.5 Å². The Labute approximate surface area is 283 Å². The van der Waals surface area contributed by atoms with Gasteiger partial charge in [0.05, 0.1) is 12.7 Å². The number of aryl methyl sites for hydroxylation is 1. The molecule has 10 heteroatoms. The van der Waals surface area contributed by atoms with Crippen LogP contribution in [0.4, 0.5) is 0 Å². The molecule has 0 bridgehead atoms. The molecule has 242 valence electrons. The summed E-state index contributed by atoms with van der Waals surface area (Å²) in [6, 6.07) is 25.8. The number of hydrogen-bond donors (Lipinski definition) is 3. The van der Waals surface area contributed by atoms with Gasteiger partial charge in [0, 0.05) is 58.1 Å². The highest BCUT2D eigenvalue weighted by atomic mass is 35.5. The fraction of sp³-hybridized carbons (Fsp3) is 0.270. The Morgan fingerprint density at radius 2 is 1.74 bits per heavy atom. The molecule has 6 rings (SSSR count). The minimum atomic E-state index is -0.759. The molecule has 2 unspecified atom stereocenters. The molecule has 0 fully saturated rings. The largest absolute Gasteiger partial charge is 0.493 e. The number of H-pyrrole nitrogens is 1. The zero-order chi connectivity index (χ0) is 32.8. The SMILES string of the molecule is O=C(CC1CCc2c([nH]c3ccc(Cl)cc23)[C@H](c2ccc(OCCC(O)CNC(=O)c3ccccn3)cc2)C1)Oc1ccc(Cl)cc1. The summed E-state index contributed by atoms with van der Waals surface area (Å²) in [4.78, 5) is 32.8. The Morgan fingerprint density at radius 3 is 2.51 bits per heavy atom. The van der Waals surface area contributed by atoms with Gasteiger partial charge in [0.15, 0.2) is 0 Å². The molecule has 1 aliphatic carbocycles. The van der Waals surface area contributed by atoms with E-state index in [2.05, 4.69) is 27.4 Å². The third-order valence-electron chi connectivity index (χ3n) is 8.52. The number of nitrogens with one attached hydrogen (secondary N) is 2. The quantitative estimate of drug-likeness (QED) is 0.0761. The monoisotopic (exact) mass is 671 g/mol. The number of halogens is 2. The first-order chi connectivity index (χ1) is 22.8. The summed E-state index contributed by atoms with van der Waals surface area (Å²) >= 11 is 12.4. The van der Waals surface area contributed by atoms with Crippen molar-refractivity contribution in [3.05, 3.63) is 124 Å². The zero-order valence-corrected chi connectivity index (χ0v) is 27.1. The molecular weight excluding hydrogens is 637 g/mol. The van der Waals surface area contributed by atoms with E-state index in [0.717, 1.165) is 41.4 Å². The molecule has 0 spiro atoms. The van der Waals surface area contributed by atoms with Crippen molar-refractivity contribution in [3.63, 3.8) is 0 Å². The average molecular weight is 673 g/mol. The standard InChI is InChI=1S/C37H35Cl2N3O5/c38-25-7-12-29(13-8-25)47-35(44)20-23-4-14-30-32-21-26(39)9-15-33(32)42-36(30)31(19-23)24-5-10-28(11-6-24)46-18-16-27(43)22-41-37(45)34-3-1-2-17-40-34/h1-3,5-13,15,17,21,23,27,31,42-43H,4,14,16,18-20,22H2,(H,41,45)/t23?,27?,31-/m0/s1. The number of aromatic nitrogens is 2. The second-order valence-electron chi connectivity index (χ2n) is 11.8. The van der Waals surface area contributed by atoms with Gasteiger partial charge < -0.3 is 24.9 Å². The fourth-order valence-electron chi connectivity index (χ4n) is 6.13. The highest BCUT2D eigenvalue weighted by Gasteiger charge is 2.30. The summed E-state index contributed by atoms with van der Waals surface area (Å²) in [7, 11) is 0. The van der Waals surface area contributed by atoms with E-state index < -0.39 is 6.10 Å². The number of pyridine rings is 1. The number of carbonyl (C=O) groups excluding carboxylic acids is 2. The lowest BCUT2D eigenvalue weighted by molar-refractivity contribution is -0.135. The molecule has 2 aromatic heterocycles. The molecule has 8 nitrogen and oxygen atoms in total. The van der Waals surface area contributed by atoms with Crippen LogP contribution in [0.5, 0.6) is 11.5 Å². The molecule has 1 amide bonds. The summed E-state index contributed by atoms with van der Waals surface area (Å²) in [5, 5.41) is 15.4. The number of benzene rings is 3. The molecular formula is C37H35Cl2N3O5. The number of fused-ring (bicyclic) bond motifs is 3. The lowest BCUT2D eigenvalue weighted by atomic mass is 9.85. The van der Waals surface area contributed by atoms with Gasteiger partial charge in [-0.15, -0.1) is 0 Å². The van der Waals surface area contributed by atoms with Crippen molar-refractivity contribution in [1.82, 2.24) is 15.3 Å². The summed E-state index contributed by atoms with van der Waals surface area (Å²) in [6.07, 6.45) is 3.86. The number of aliphatic hydroxyl groups is 1. The molecule has 3 aromatic carbocycles. The van der Waals surface area contributed by atoms with Crippen LogP contribution in [0.15, 0.2) is 91.1 Å². The first-order valence-corrected chi connectivity index (χ1v) is 16.4. The zero-order valence-electron chi connectivity index (χ0n) is 25.6. The van der Waals surface area contributed by atoms with Crippen LogP contribution in [0.3, 0.4) is 0 Å². The molecule has 0 saturated carbocycles. The van der Waals surface area contributed by atoms with Crippen LogP contribution >= 0.6 is 23.2 Å². The second-order valence-corrected chi connectivity index (χ2v) is 12.7. The average Bonchev–Trinajstić information content (AvgIpc) is 3.33. The maximum Gasteiger partial charge on any atom is 0.311 e. The third kappa shape index (κ3) is 8.32. The molecule has 2 heterocycles. The number of aromatic amines is 1. The van der Waals surface area contributed by atoms with Crippen LogP contribution in [0.2, 0.25) is 10.0 Å². The smallest absolute Gasteiger partial charge is 0.311 e. The molecule has 47 heavy (non-hydrogen) atoms. The minimum Gasteiger partial charge on any atom is -0.493 e. The van der Waals surface area contributed by atoms with Gasteiger partial charge >= 0.3 is 5.97 Å². The Bertz CT molecular complexity index is 1830. The summed E-state index contributed by atoms with van der Waals surface area (Å²) < 4.78 is 11.6. The van der Waals surface area contributed by atoms with Gasteiger partial charge in [-0.25, -0.2) is 0 Å². The first-order valence-electron chi connectivity index (χ1n) is 15.7. The lowest BCUT2D eigenvalue weighted by Crippen LogP contribution is -2.33. The Kier molecular flexibility index (Phi) is 10.4. The number of ether oxygens (including phenoxy) is 2. The second kappa shape index (κ2) is 15.0. The number of carbonyl (C=O) groups is 2. The predicted octanol–water partition coefficient (Wildman–Crippen LogP) is 7.51. The molecule has 3 N–H and O–H groups in total. The van der Waals surface area contributed by atoms with E-state index in [-0.39, 0.29) is 36.9 Å². The number of amides is 1. The molecule has 0 aliphatic heterocycles. The van der Waals surface area contributed by atoms with Gasteiger partial charge in [-0.1, -0.05) is 41.4 Å². The van der Waals surface area contributed by atoms with Crippen LogP contribution in [0, 0.1) is 5.92 Å². The number of esters is 1. The van der Waals surface area contributed by atoms with E-state index in [1.807, 2.05) is 30.3 Å². The van der Waals surface area contributed by atoms with E-state index >= 15 is 0 Å². The Balaban J connectivity index is 1.11. The van der Waals surface area contributed by atoms with Gasteiger partial charge in [-0.2, -0.15) is 0 Å². The maximum absolute atomic E-state index is 13.0. The molecule has 3 atom stereocenters. The fourth-order valence-corrected chi connectivity index (χ4v) is 6.43. The highest BCUT2D eigenvalue weighted by Crippen LogP contribution is 2.42. The van der Waals surface area contributed by atoms with E-state index in [0.29, 0.717) is 40.1 Å². The Morgan fingerprint density at radius 1 is 0.979 bits per heavy atom. The molecule has 1 aliphatic rings. The number of aliphatic hydroxyl groups excluding tert-OH is 1. The van der Waals surface area contributed by atoms with E-state index in [4.69, 9.17) is 32.7 Å². The predicted molar refractivity (Wildman–Crippen MR) is 182 cm³/mol. The van der Waals surface area contributed by atoms with Gasteiger partial charge in [-0.05, 0) is 103 Å². The van der Waals surface area contributed by atoms with Crippen molar-refractivity contribution >= 4 is 46.0 Å². The van der Waals surface area contributed by atoms with Crippen LogP contribution in [-0.4, -0.2) is 46.2 Å². The Hall–Kier alpha value is -4.37. The summed E-state index contributed by atoms with van der Waals surface area (Å²) in [6.45, 7) is 0.389. The number of rotatable bonds is 11. The number of hydrogen-bond acceptors (Lipinski definition) is 6. The van der Waals surface area contributed by atoms with Crippen LogP contribution < -0.4 is 14.8 Å². The van der Waals surface area contributed by atoms with Crippen molar-refractivity contribution in [2.75, 3.05) is 13.2 Å². The van der Waals surface area contributed by atoms with Gasteiger partial charge in [0.2, 0.25) is 0 Å². The van der Waals surface area contributed by atoms with Crippen molar-refractivity contribution in [1.29, 1.82) is 0 Å². The van der Waals surface area contributed by atoms with E-state index in [9.17, 15) is 14.7 Å². The minimum absolute atomic E-state index is 0.0191. The normalized spacial score (nSPS) is 16.6. The topological polar surface area (TPSA) is 114 Å². The lowest BCUT2D eigenvalue weighted by Gasteiger charge is -2.21. The van der Waals surface area contributed by atoms with Crippen LogP contribution in [0.1, 0.15) is 58.9 Å². The summed E-state index contributed by atoms with van der Waals surface area (Å²) in [5.74, 6) is 0.681. The van der Waals surface area contributed by atoms with Gasteiger partial charge in [0.25, 0.3) is 5.91 Å². The van der Waals surface area contributed by atoms with Crippen LogP contribution in [-0.2, 0) is 11.2 Å².